The van der Waals surface area contributed by atoms with Crippen LogP contribution in [0.25, 0.3) is 0 Å². The molecule has 0 radical (unpaired) electrons. The lowest BCUT2D eigenvalue weighted by atomic mass is 9.90. The summed E-state index contributed by atoms with van der Waals surface area (Å²) >= 11 is 5.97. The molecule has 2 atom stereocenters. The molecule has 0 aromatic carbocycles. The number of nitrogens with one attached hydrogen (secondary N) is 1. The molecular formula is C27H39N5OS. The average molecular weight is 482 g/mol. The first-order valence-electron chi connectivity index (χ1n) is 13.1. The molecule has 3 fully saturated rings. The Kier molecular flexibility index (Phi) is 7.52. The Morgan fingerprint density at radius 2 is 1.88 bits per heavy atom. The summed E-state index contributed by atoms with van der Waals surface area (Å²) in [6.45, 7) is 10.6. The van der Waals surface area contributed by atoms with Crippen LogP contribution in [0, 0.1) is 13.8 Å². The van der Waals surface area contributed by atoms with Gasteiger partial charge >= 0.3 is 0 Å². The summed E-state index contributed by atoms with van der Waals surface area (Å²) in [4.78, 5) is 9.80. The fourth-order valence-corrected chi connectivity index (χ4v) is 6.59. The third kappa shape index (κ3) is 4.88. The summed E-state index contributed by atoms with van der Waals surface area (Å²) in [5, 5.41) is 4.57. The number of morpholine rings is 1. The van der Waals surface area contributed by atoms with Crippen LogP contribution in [0.15, 0.2) is 30.5 Å². The Morgan fingerprint density at radius 3 is 2.62 bits per heavy atom. The maximum atomic E-state index is 5.97. The predicted molar refractivity (Wildman–Crippen MR) is 140 cm³/mol. The molecule has 0 spiro atoms. The van der Waals surface area contributed by atoms with E-state index in [0.717, 1.165) is 56.6 Å². The van der Waals surface area contributed by atoms with E-state index >= 15 is 0 Å². The van der Waals surface area contributed by atoms with Gasteiger partial charge in [-0.05, 0) is 69.1 Å². The largest absolute Gasteiger partial charge is 0.379 e. The SMILES string of the molecule is Cc1cc([C@H]2[C@@H](c3ccccn3)NC(=S)N2C2CCCCC2)c(C)n1CCCN1CCOCC1. The first kappa shape index (κ1) is 23.8. The molecule has 6 nitrogen and oxygen atoms in total. The predicted octanol–water partition coefficient (Wildman–Crippen LogP) is 4.53. The molecule has 0 amide bonds. The lowest BCUT2D eigenvalue weighted by Crippen LogP contribution is -2.40. The van der Waals surface area contributed by atoms with Gasteiger partial charge in [0.1, 0.15) is 0 Å². The number of rotatable bonds is 7. The van der Waals surface area contributed by atoms with Gasteiger partial charge in [0, 0.05) is 49.8 Å². The van der Waals surface area contributed by atoms with Crippen LogP contribution in [0.3, 0.4) is 0 Å². The summed E-state index contributed by atoms with van der Waals surface area (Å²) in [6.07, 6.45) is 9.45. The standard InChI is InChI=1S/C27H39N5OS/c1-20-19-23(21(2)31(20)14-8-13-30-15-17-33-18-16-30)26-25(24-11-6-7-12-28-24)29-27(34)32(26)22-9-4-3-5-10-22/h6-7,11-12,19,22,25-26H,3-5,8-10,13-18H2,1-2H3,(H,29,34)/t25-,26+/m1/s1. The van der Waals surface area contributed by atoms with E-state index in [4.69, 9.17) is 21.9 Å². The third-order valence-corrected chi connectivity index (χ3v) is 8.32. The van der Waals surface area contributed by atoms with Crippen molar-refractivity contribution >= 4 is 17.3 Å². The van der Waals surface area contributed by atoms with Crippen LogP contribution in [0.4, 0.5) is 0 Å². The second-order valence-corrected chi connectivity index (χ2v) is 10.5. The van der Waals surface area contributed by atoms with Gasteiger partial charge in [-0.2, -0.15) is 0 Å². The summed E-state index contributed by atoms with van der Waals surface area (Å²) < 4.78 is 8.02. The maximum Gasteiger partial charge on any atom is 0.170 e. The first-order chi connectivity index (χ1) is 16.6. The van der Waals surface area contributed by atoms with Gasteiger partial charge in [0.25, 0.3) is 0 Å². The van der Waals surface area contributed by atoms with Crippen molar-refractivity contribution in [3.63, 3.8) is 0 Å². The summed E-state index contributed by atoms with van der Waals surface area (Å²) in [5.41, 5.74) is 5.19. The number of aryl methyl sites for hydroxylation is 1. The van der Waals surface area contributed by atoms with E-state index < -0.39 is 0 Å². The van der Waals surface area contributed by atoms with Crippen LogP contribution in [0.2, 0.25) is 0 Å². The van der Waals surface area contributed by atoms with Crippen LogP contribution < -0.4 is 5.32 Å². The number of hydrogen-bond donors (Lipinski definition) is 1. The van der Waals surface area contributed by atoms with Gasteiger partial charge in [0.15, 0.2) is 5.11 Å². The highest BCUT2D eigenvalue weighted by molar-refractivity contribution is 7.80. The molecule has 0 unspecified atom stereocenters. The zero-order valence-electron chi connectivity index (χ0n) is 20.7. The van der Waals surface area contributed by atoms with Gasteiger partial charge in [-0.3, -0.25) is 9.88 Å². The molecule has 7 heteroatoms. The molecular weight excluding hydrogens is 442 g/mol. The number of aromatic nitrogens is 2. The van der Waals surface area contributed by atoms with Gasteiger partial charge in [0.2, 0.25) is 0 Å². The highest BCUT2D eigenvalue weighted by atomic mass is 32.1. The van der Waals surface area contributed by atoms with E-state index in [1.807, 2.05) is 12.3 Å². The topological polar surface area (TPSA) is 45.6 Å². The van der Waals surface area contributed by atoms with E-state index in [2.05, 4.69) is 51.7 Å². The molecule has 1 N–H and O–H groups in total. The normalized spacial score (nSPS) is 24.5. The highest BCUT2D eigenvalue weighted by Crippen LogP contribution is 2.44. The summed E-state index contributed by atoms with van der Waals surface area (Å²) in [7, 11) is 0. The van der Waals surface area contributed by atoms with E-state index in [1.165, 1.54) is 49.1 Å². The van der Waals surface area contributed by atoms with Crippen molar-refractivity contribution in [2.75, 3.05) is 32.8 Å². The van der Waals surface area contributed by atoms with Crippen molar-refractivity contribution in [2.45, 2.75) is 77.0 Å². The maximum absolute atomic E-state index is 5.97. The van der Waals surface area contributed by atoms with E-state index in [-0.39, 0.29) is 12.1 Å². The van der Waals surface area contributed by atoms with E-state index in [0.29, 0.717) is 6.04 Å². The lowest BCUT2D eigenvalue weighted by molar-refractivity contribution is 0.0369. The van der Waals surface area contributed by atoms with Crippen molar-refractivity contribution in [1.29, 1.82) is 0 Å². The fourth-order valence-electron chi connectivity index (χ4n) is 6.20. The molecule has 4 heterocycles. The van der Waals surface area contributed by atoms with Crippen LogP contribution in [0.5, 0.6) is 0 Å². The average Bonchev–Trinajstić information content (AvgIpc) is 3.36. The molecule has 2 aromatic heterocycles. The highest BCUT2D eigenvalue weighted by Gasteiger charge is 2.44. The zero-order chi connectivity index (χ0) is 23.5. The minimum absolute atomic E-state index is 0.0814. The first-order valence-corrected chi connectivity index (χ1v) is 13.5. The molecule has 2 aromatic rings. The van der Waals surface area contributed by atoms with Crippen LogP contribution in [-0.4, -0.2) is 63.4 Å². The zero-order valence-corrected chi connectivity index (χ0v) is 21.5. The Morgan fingerprint density at radius 1 is 1.09 bits per heavy atom. The van der Waals surface area contributed by atoms with E-state index in [1.54, 1.807) is 0 Å². The van der Waals surface area contributed by atoms with Gasteiger partial charge < -0.3 is 19.5 Å². The van der Waals surface area contributed by atoms with Crippen molar-refractivity contribution in [2.24, 2.45) is 0 Å². The molecule has 1 saturated carbocycles. The van der Waals surface area contributed by atoms with Gasteiger partial charge in [-0.1, -0.05) is 25.3 Å². The van der Waals surface area contributed by atoms with Crippen molar-refractivity contribution < 1.29 is 4.74 Å². The molecule has 0 bridgehead atoms. The Balaban J connectivity index is 1.41. The second-order valence-electron chi connectivity index (χ2n) is 10.1. The molecule has 3 aliphatic rings. The lowest BCUT2D eigenvalue weighted by Gasteiger charge is -2.37. The van der Waals surface area contributed by atoms with Gasteiger partial charge in [0.05, 0.1) is 31.0 Å². The molecule has 34 heavy (non-hydrogen) atoms. The molecule has 1 aliphatic carbocycles. The van der Waals surface area contributed by atoms with Gasteiger partial charge in [-0.15, -0.1) is 0 Å². The summed E-state index contributed by atoms with van der Waals surface area (Å²) in [5.74, 6) is 0. The van der Waals surface area contributed by atoms with Crippen LogP contribution >= 0.6 is 12.2 Å². The smallest absolute Gasteiger partial charge is 0.170 e. The number of thiocarbonyl (C=S) groups is 1. The third-order valence-electron chi connectivity index (χ3n) is 7.99. The second kappa shape index (κ2) is 10.8. The number of hydrogen-bond acceptors (Lipinski definition) is 4. The quantitative estimate of drug-likeness (QED) is 0.587. The van der Waals surface area contributed by atoms with E-state index in [9.17, 15) is 0 Å². The molecule has 184 valence electrons. The Hall–Kier alpha value is -1.96. The Bertz CT molecular complexity index is 965. The number of ether oxygens (including phenoxy) is 1. The number of nitrogens with zero attached hydrogens (tertiary/aromatic N) is 4. The van der Waals surface area contributed by atoms with Crippen molar-refractivity contribution in [3.05, 3.63) is 53.1 Å². The summed E-state index contributed by atoms with van der Waals surface area (Å²) in [6, 6.07) is 9.40. The monoisotopic (exact) mass is 481 g/mol. The van der Waals surface area contributed by atoms with Crippen LogP contribution in [0.1, 0.15) is 73.3 Å². The van der Waals surface area contributed by atoms with Gasteiger partial charge in [-0.25, -0.2) is 0 Å². The minimum Gasteiger partial charge on any atom is -0.379 e. The molecule has 2 saturated heterocycles. The van der Waals surface area contributed by atoms with Crippen molar-refractivity contribution in [3.8, 4) is 0 Å². The van der Waals surface area contributed by atoms with Crippen LogP contribution in [-0.2, 0) is 11.3 Å². The minimum atomic E-state index is 0.0814. The molecule has 2 aliphatic heterocycles. The fraction of sp³-hybridized carbons (Fsp3) is 0.630. The molecule has 5 rings (SSSR count). The Labute approximate surface area is 209 Å². The number of pyridine rings is 1. The van der Waals surface area contributed by atoms with Crippen molar-refractivity contribution in [1.82, 2.24) is 24.7 Å².